The fourth-order valence-electron chi connectivity index (χ4n) is 6.97. The van der Waals surface area contributed by atoms with Gasteiger partial charge in [-0.15, -0.1) is 0 Å². The molecule has 3 aliphatic heterocycles. The molecule has 2 saturated heterocycles. The molecular weight excluding hydrogens is 664 g/mol. The number of benzene rings is 3. The highest BCUT2D eigenvalue weighted by atomic mass is 35.5. The van der Waals surface area contributed by atoms with E-state index in [9.17, 15) is 9.18 Å². The number of oxazole rings is 1. The van der Waals surface area contributed by atoms with E-state index in [1.165, 1.54) is 19.6 Å². The minimum Gasteiger partial charge on any atom is -0.465 e. The van der Waals surface area contributed by atoms with Crippen molar-refractivity contribution in [2.75, 3.05) is 38.3 Å². The van der Waals surface area contributed by atoms with Crippen LogP contribution in [-0.2, 0) is 28.4 Å². The third kappa shape index (κ3) is 5.23. The van der Waals surface area contributed by atoms with Gasteiger partial charge in [0, 0.05) is 25.0 Å². The number of aromatic nitrogens is 3. The quantitative estimate of drug-likeness (QED) is 0.188. The van der Waals surface area contributed by atoms with Crippen LogP contribution >= 0.6 is 23.2 Å². The summed E-state index contributed by atoms with van der Waals surface area (Å²) >= 11 is 12.7. The highest BCUT2D eigenvalue weighted by molar-refractivity contribution is 6.35. The van der Waals surface area contributed by atoms with Crippen LogP contribution in [0.5, 0.6) is 11.5 Å². The molecule has 248 valence electrons. The second kappa shape index (κ2) is 12.0. The Bertz CT molecular complexity index is 2040. The average molecular weight is 695 g/mol. The predicted octanol–water partition coefficient (Wildman–Crippen LogP) is 6.04. The maximum atomic E-state index is 15.0. The van der Waals surface area contributed by atoms with Crippen molar-refractivity contribution in [2.45, 2.75) is 37.9 Å². The van der Waals surface area contributed by atoms with Gasteiger partial charge in [-0.1, -0.05) is 29.3 Å². The van der Waals surface area contributed by atoms with Gasteiger partial charge in [0.15, 0.2) is 17.9 Å². The van der Waals surface area contributed by atoms with E-state index in [0.29, 0.717) is 83.2 Å². The summed E-state index contributed by atoms with van der Waals surface area (Å²) in [7, 11) is 1.33. The number of rotatable bonds is 7. The molecule has 0 bridgehead atoms. The summed E-state index contributed by atoms with van der Waals surface area (Å²) in [4.78, 5) is 26.4. The van der Waals surface area contributed by atoms with E-state index in [1.807, 2.05) is 22.8 Å². The van der Waals surface area contributed by atoms with Crippen molar-refractivity contribution in [3.05, 3.63) is 99.7 Å². The molecule has 2 fully saturated rings. The minimum atomic E-state index is -1.36. The number of carbonyl (C=O) groups is 1. The second-order valence-electron chi connectivity index (χ2n) is 12.1. The van der Waals surface area contributed by atoms with Crippen LogP contribution in [0.15, 0.2) is 65.6 Å². The third-order valence-electron chi connectivity index (χ3n) is 9.26. The molecule has 0 aliphatic carbocycles. The maximum Gasteiger partial charge on any atom is 0.337 e. The number of piperazine rings is 1. The van der Waals surface area contributed by atoms with Gasteiger partial charge in [-0.25, -0.2) is 19.2 Å². The van der Waals surface area contributed by atoms with Gasteiger partial charge in [-0.2, -0.15) is 0 Å². The van der Waals surface area contributed by atoms with Gasteiger partial charge in [-0.3, -0.25) is 4.90 Å². The zero-order valence-corrected chi connectivity index (χ0v) is 27.5. The zero-order chi connectivity index (χ0) is 33.2. The molecule has 14 heteroatoms. The lowest BCUT2D eigenvalue weighted by Crippen LogP contribution is -2.59. The summed E-state index contributed by atoms with van der Waals surface area (Å²) in [6.07, 6.45) is 2.96. The van der Waals surface area contributed by atoms with Crippen molar-refractivity contribution in [1.29, 1.82) is 0 Å². The average Bonchev–Trinajstić information content (AvgIpc) is 3.88. The molecule has 0 radical (unpaired) electrons. The van der Waals surface area contributed by atoms with E-state index in [-0.39, 0.29) is 17.6 Å². The SMILES string of the molecule is COC(=O)c1cc(Cl)c2nc(CN3CCN(c4cccc5c4OC(C)(c4ccc(Cl)cc4F)O5)[C@H]4COC[C@H]43)n(Cc3cocn3)c2c1. The normalized spacial score (nSPS) is 22.0. The topological polar surface area (TPSA) is 104 Å². The number of hydrogen-bond acceptors (Lipinski definition) is 10. The van der Waals surface area contributed by atoms with E-state index >= 15 is 0 Å². The molecule has 0 amide bonds. The molecule has 0 N–H and O–H groups in total. The van der Waals surface area contributed by atoms with Crippen molar-refractivity contribution >= 4 is 45.9 Å². The summed E-state index contributed by atoms with van der Waals surface area (Å²) in [6.45, 7) is 4.95. The zero-order valence-electron chi connectivity index (χ0n) is 26.0. The van der Waals surface area contributed by atoms with Crippen molar-refractivity contribution in [3.63, 3.8) is 0 Å². The van der Waals surface area contributed by atoms with Crippen LogP contribution in [0.2, 0.25) is 10.0 Å². The fourth-order valence-corrected chi connectivity index (χ4v) is 7.38. The number of para-hydroxylation sites is 1. The molecule has 0 spiro atoms. The van der Waals surface area contributed by atoms with Crippen LogP contribution in [0.1, 0.15) is 34.4 Å². The number of nitrogens with zero attached hydrogens (tertiary/aromatic N) is 5. The Kier molecular flexibility index (Phi) is 7.71. The van der Waals surface area contributed by atoms with Gasteiger partial charge in [0.05, 0.1) is 78.5 Å². The molecule has 3 aromatic carbocycles. The van der Waals surface area contributed by atoms with Gasteiger partial charge in [0.2, 0.25) is 0 Å². The highest BCUT2D eigenvalue weighted by Gasteiger charge is 2.46. The van der Waals surface area contributed by atoms with E-state index in [4.69, 9.17) is 51.6 Å². The number of methoxy groups -OCH3 is 1. The van der Waals surface area contributed by atoms with Gasteiger partial charge >= 0.3 is 5.97 Å². The Morgan fingerprint density at radius 1 is 1.08 bits per heavy atom. The number of anilines is 1. The largest absolute Gasteiger partial charge is 0.465 e. The molecule has 11 nitrogen and oxygen atoms in total. The first-order chi connectivity index (χ1) is 23.2. The smallest absolute Gasteiger partial charge is 0.337 e. The van der Waals surface area contributed by atoms with E-state index < -0.39 is 17.6 Å². The van der Waals surface area contributed by atoms with Gasteiger partial charge < -0.3 is 32.8 Å². The highest BCUT2D eigenvalue weighted by Crippen LogP contribution is 2.51. The van der Waals surface area contributed by atoms with E-state index in [2.05, 4.69) is 14.8 Å². The van der Waals surface area contributed by atoms with Gasteiger partial charge in [0.25, 0.3) is 5.79 Å². The standard InChI is InChI=1S/C34H30Cl2FN5O6/c1-34(22-7-6-20(35)12-24(22)37)47-29-5-3-4-25(32(29)48-34)41-9-8-40(27-16-45-17-28(27)41)14-30-39-31-23(36)10-19(33(43)44-2)11-26(31)42(30)13-21-15-46-18-38-21/h3-7,10-12,15,18,27-28H,8-9,13-14,16-17H2,1-2H3/t27-,28+,34?/m1/s1. The summed E-state index contributed by atoms with van der Waals surface area (Å²) in [5.74, 6) is -0.509. The number of halogens is 3. The molecule has 0 saturated carbocycles. The lowest BCUT2D eigenvalue weighted by Gasteiger charge is -2.44. The molecule has 1 unspecified atom stereocenters. The number of carbonyl (C=O) groups excluding carboxylic acids is 1. The lowest BCUT2D eigenvalue weighted by molar-refractivity contribution is -0.0705. The Morgan fingerprint density at radius 2 is 1.94 bits per heavy atom. The first kappa shape index (κ1) is 30.9. The maximum absolute atomic E-state index is 15.0. The molecule has 5 heterocycles. The van der Waals surface area contributed by atoms with Crippen LogP contribution in [0.3, 0.4) is 0 Å². The fraction of sp³-hybridized carbons (Fsp3) is 0.324. The minimum absolute atomic E-state index is 0.00384. The first-order valence-corrected chi connectivity index (χ1v) is 16.2. The van der Waals surface area contributed by atoms with Crippen molar-refractivity contribution in [2.24, 2.45) is 0 Å². The van der Waals surface area contributed by atoms with E-state index in [1.54, 1.807) is 37.5 Å². The molecule has 5 aromatic rings. The summed E-state index contributed by atoms with van der Waals surface area (Å²) in [6, 6.07) is 13.5. The second-order valence-corrected chi connectivity index (χ2v) is 13.0. The third-order valence-corrected chi connectivity index (χ3v) is 9.79. The Labute approximate surface area is 284 Å². The molecule has 3 atom stereocenters. The Morgan fingerprint density at radius 3 is 2.73 bits per heavy atom. The summed E-state index contributed by atoms with van der Waals surface area (Å²) in [5, 5.41) is 0.648. The van der Waals surface area contributed by atoms with Crippen molar-refractivity contribution < 1.29 is 32.5 Å². The van der Waals surface area contributed by atoms with Crippen molar-refractivity contribution in [1.82, 2.24) is 19.4 Å². The Balaban J connectivity index is 1.09. The molecular formula is C34H30Cl2FN5O6. The first-order valence-electron chi connectivity index (χ1n) is 15.4. The molecule has 48 heavy (non-hydrogen) atoms. The van der Waals surface area contributed by atoms with Crippen molar-refractivity contribution in [3.8, 4) is 11.5 Å². The lowest BCUT2D eigenvalue weighted by atomic mass is 10.0. The number of esters is 1. The monoisotopic (exact) mass is 693 g/mol. The number of hydrogen-bond donors (Lipinski definition) is 0. The predicted molar refractivity (Wildman–Crippen MR) is 174 cm³/mol. The number of fused-ring (bicyclic) bond motifs is 3. The van der Waals surface area contributed by atoms with Crippen LogP contribution in [0.4, 0.5) is 10.1 Å². The molecule has 8 rings (SSSR count). The molecule has 3 aliphatic rings. The van der Waals surface area contributed by atoms with Crippen LogP contribution in [-0.4, -0.2) is 70.9 Å². The summed E-state index contributed by atoms with van der Waals surface area (Å²) in [5.41, 5.74) is 3.41. The summed E-state index contributed by atoms with van der Waals surface area (Å²) < 4.78 is 45.9. The van der Waals surface area contributed by atoms with Gasteiger partial charge in [-0.05, 0) is 42.5 Å². The van der Waals surface area contributed by atoms with E-state index in [0.717, 1.165) is 11.5 Å². The van der Waals surface area contributed by atoms with Crippen LogP contribution < -0.4 is 14.4 Å². The number of ether oxygens (including phenoxy) is 4. The van der Waals surface area contributed by atoms with Crippen LogP contribution in [0.25, 0.3) is 11.0 Å². The number of imidazole rings is 1. The van der Waals surface area contributed by atoms with Crippen LogP contribution in [0, 0.1) is 5.82 Å². The Hall–Kier alpha value is -4.36. The molecule has 2 aromatic heterocycles. The van der Waals surface area contributed by atoms with Gasteiger partial charge in [0.1, 0.15) is 23.4 Å².